The van der Waals surface area contributed by atoms with E-state index >= 15 is 0 Å². The fourth-order valence-corrected chi connectivity index (χ4v) is 1.37. The summed E-state index contributed by atoms with van der Waals surface area (Å²) in [6.07, 6.45) is 0. The highest BCUT2D eigenvalue weighted by Crippen LogP contribution is 2.30. The molecule has 0 spiro atoms. The third-order valence-corrected chi connectivity index (χ3v) is 2.37. The van der Waals surface area contributed by atoms with Crippen LogP contribution in [0.15, 0.2) is 5.16 Å². The molecule has 1 unspecified atom stereocenters. The minimum atomic E-state index is -1.53. The Bertz CT molecular complexity index is 328. The zero-order chi connectivity index (χ0) is 13.6. The molecule has 1 atom stereocenters. The van der Waals surface area contributed by atoms with Gasteiger partial charge < -0.3 is 15.3 Å². The van der Waals surface area contributed by atoms with E-state index in [1.165, 1.54) is 20.9 Å². The summed E-state index contributed by atoms with van der Waals surface area (Å²) in [6.45, 7) is 4.39. The summed E-state index contributed by atoms with van der Waals surface area (Å²) in [5.41, 5.74) is -1.47. The van der Waals surface area contributed by atoms with Crippen LogP contribution in [0, 0.1) is 11.3 Å². The number of carbonyl (C=O) groups is 2. The Hall–Kier alpha value is -1.66. The lowest BCUT2D eigenvalue weighted by Crippen LogP contribution is -2.46. The monoisotopic (exact) mass is 248 g/mol. The van der Waals surface area contributed by atoms with Gasteiger partial charge in [0.2, 0.25) is 11.9 Å². The molecule has 0 fully saturated rings. The van der Waals surface area contributed by atoms with E-state index in [4.69, 9.17) is 9.94 Å². The molecule has 2 N–H and O–H groups in total. The van der Waals surface area contributed by atoms with Gasteiger partial charge in [0.15, 0.2) is 0 Å². The molecule has 6 nitrogen and oxygen atoms in total. The first-order chi connectivity index (χ1) is 7.82. The number of nitrogens with one attached hydrogen (secondary N) is 1. The topological polar surface area (TPSA) is 88.0 Å². The molecule has 0 saturated heterocycles. The Morgan fingerprint density at radius 2 is 2.06 bits per heavy atom. The van der Waals surface area contributed by atoms with Crippen molar-refractivity contribution in [1.29, 1.82) is 0 Å². The number of halogens is 1. The van der Waals surface area contributed by atoms with E-state index in [-0.39, 0.29) is 6.61 Å². The van der Waals surface area contributed by atoms with Crippen molar-refractivity contribution in [2.45, 2.75) is 20.8 Å². The minimum Gasteiger partial charge on any atom is -0.466 e. The van der Waals surface area contributed by atoms with Crippen LogP contribution in [-0.4, -0.2) is 36.7 Å². The Morgan fingerprint density at radius 1 is 1.53 bits per heavy atom. The first kappa shape index (κ1) is 15.3. The fraction of sp³-hybridized carbons (Fsp3) is 0.700. The van der Waals surface area contributed by atoms with Gasteiger partial charge in [0, 0.05) is 7.05 Å². The van der Waals surface area contributed by atoms with Crippen molar-refractivity contribution < 1.29 is 23.9 Å². The lowest BCUT2D eigenvalue weighted by molar-refractivity contribution is -0.157. The molecule has 1 amide bonds. The van der Waals surface area contributed by atoms with Crippen molar-refractivity contribution in [3.63, 3.8) is 0 Å². The minimum absolute atomic E-state index is 0.112. The number of hydrogen-bond acceptors (Lipinski definition) is 5. The molecular formula is C10H17FN2O4. The van der Waals surface area contributed by atoms with Gasteiger partial charge in [0.05, 0.1) is 12.0 Å². The van der Waals surface area contributed by atoms with Crippen molar-refractivity contribution in [3.05, 3.63) is 0 Å². The van der Waals surface area contributed by atoms with Gasteiger partial charge in [-0.2, -0.15) is 4.39 Å². The molecule has 0 aliphatic rings. The van der Waals surface area contributed by atoms with Gasteiger partial charge in [-0.15, -0.1) is 0 Å². The van der Waals surface area contributed by atoms with Gasteiger partial charge in [0.25, 0.3) is 0 Å². The van der Waals surface area contributed by atoms with Crippen LogP contribution in [-0.2, 0) is 14.3 Å². The highest BCUT2D eigenvalue weighted by Gasteiger charge is 2.46. The first-order valence-electron chi connectivity index (χ1n) is 5.09. The van der Waals surface area contributed by atoms with Crippen molar-refractivity contribution >= 4 is 17.8 Å². The van der Waals surface area contributed by atoms with Crippen molar-refractivity contribution in [3.8, 4) is 0 Å². The van der Waals surface area contributed by atoms with E-state index < -0.39 is 29.2 Å². The summed E-state index contributed by atoms with van der Waals surface area (Å²) in [5.74, 6) is -4.37. The largest absolute Gasteiger partial charge is 0.466 e. The van der Waals surface area contributed by atoms with Crippen LogP contribution in [0.2, 0.25) is 0 Å². The standard InChI is InChI=1S/C10H17FN2O4/c1-5-17-9(15)10(2,3)6(7(11)13-16)8(14)12-4/h6,16H,5H2,1-4H3,(H,12,14)/b13-7-. The van der Waals surface area contributed by atoms with E-state index in [2.05, 4.69) is 10.5 Å². The Kier molecular flexibility index (Phi) is 5.57. The van der Waals surface area contributed by atoms with Gasteiger partial charge in [-0.05, 0) is 20.8 Å². The van der Waals surface area contributed by atoms with E-state index in [0.29, 0.717) is 0 Å². The van der Waals surface area contributed by atoms with Crippen LogP contribution in [0.1, 0.15) is 20.8 Å². The second-order valence-corrected chi connectivity index (χ2v) is 3.91. The van der Waals surface area contributed by atoms with Crippen LogP contribution in [0.5, 0.6) is 0 Å². The second-order valence-electron chi connectivity index (χ2n) is 3.91. The zero-order valence-corrected chi connectivity index (χ0v) is 10.3. The van der Waals surface area contributed by atoms with Crippen molar-refractivity contribution in [2.24, 2.45) is 16.5 Å². The summed E-state index contributed by atoms with van der Waals surface area (Å²) < 4.78 is 18.1. The van der Waals surface area contributed by atoms with E-state index in [0.717, 1.165) is 0 Å². The summed E-state index contributed by atoms with van der Waals surface area (Å²) >= 11 is 0. The number of amides is 1. The average molecular weight is 248 g/mol. The van der Waals surface area contributed by atoms with Crippen molar-refractivity contribution in [2.75, 3.05) is 13.7 Å². The molecule has 0 bridgehead atoms. The molecule has 0 aliphatic heterocycles. The van der Waals surface area contributed by atoms with Crippen LogP contribution >= 0.6 is 0 Å². The number of nitrogens with zero attached hydrogens (tertiary/aromatic N) is 1. The van der Waals surface area contributed by atoms with Crippen LogP contribution in [0.3, 0.4) is 0 Å². The maximum Gasteiger partial charge on any atom is 0.312 e. The maximum absolute atomic E-state index is 13.4. The lowest BCUT2D eigenvalue weighted by atomic mass is 9.78. The second kappa shape index (κ2) is 6.17. The number of esters is 1. The van der Waals surface area contributed by atoms with Crippen LogP contribution in [0.4, 0.5) is 4.39 Å². The zero-order valence-electron chi connectivity index (χ0n) is 10.3. The first-order valence-corrected chi connectivity index (χ1v) is 5.09. The molecule has 17 heavy (non-hydrogen) atoms. The number of carbonyl (C=O) groups excluding carboxylic acids is 2. The summed E-state index contributed by atoms with van der Waals surface area (Å²) in [7, 11) is 1.29. The number of ether oxygens (including phenoxy) is 1. The third kappa shape index (κ3) is 3.40. The number of oxime groups is 1. The average Bonchev–Trinajstić information content (AvgIpc) is 2.28. The lowest BCUT2D eigenvalue weighted by Gasteiger charge is -2.28. The maximum atomic E-state index is 13.4. The highest BCUT2D eigenvalue weighted by atomic mass is 19.1. The molecular weight excluding hydrogens is 231 g/mol. The molecule has 0 aromatic heterocycles. The molecule has 0 heterocycles. The van der Waals surface area contributed by atoms with Gasteiger partial charge >= 0.3 is 5.97 Å². The third-order valence-electron chi connectivity index (χ3n) is 2.37. The predicted molar refractivity (Wildman–Crippen MR) is 58.3 cm³/mol. The molecule has 0 aliphatic carbocycles. The number of rotatable bonds is 5. The normalized spacial score (nSPS) is 14.1. The van der Waals surface area contributed by atoms with Gasteiger partial charge in [-0.1, -0.05) is 5.16 Å². The number of hydrogen-bond donors (Lipinski definition) is 2. The Labute approximate surface area is 98.8 Å². The SMILES string of the molecule is CCOC(=O)C(C)(C)C(C(=O)NC)/C(F)=N/O. The molecule has 0 saturated carbocycles. The predicted octanol–water partition coefficient (Wildman–Crippen LogP) is 0.695. The molecule has 7 heteroatoms. The summed E-state index contributed by atoms with van der Waals surface area (Å²) in [5, 5.41) is 13.0. The van der Waals surface area contributed by atoms with E-state index in [1.54, 1.807) is 6.92 Å². The molecule has 98 valence electrons. The molecule has 0 radical (unpaired) electrons. The van der Waals surface area contributed by atoms with Gasteiger partial charge in [-0.3, -0.25) is 9.59 Å². The smallest absolute Gasteiger partial charge is 0.312 e. The summed E-state index contributed by atoms with van der Waals surface area (Å²) in [6, 6.07) is 0. The van der Waals surface area contributed by atoms with Crippen LogP contribution in [0.25, 0.3) is 0 Å². The fourth-order valence-electron chi connectivity index (χ4n) is 1.37. The molecule has 0 aromatic rings. The van der Waals surface area contributed by atoms with E-state index in [9.17, 15) is 14.0 Å². The van der Waals surface area contributed by atoms with Gasteiger partial charge in [-0.25, -0.2) is 0 Å². The highest BCUT2D eigenvalue weighted by molar-refractivity contribution is 6.04. The molecule has 0 rings (SSSR count). The van der Waals surface area contributed by atoms with Gasteiger partial charge in [0.1, 0.15) is 5.92 Å². The van der Waals surface area contributed by atoms with Crippen LogP contribution < -0.4 is 5.32 Å². The van der Waals surface area contributed by atoms with Crippen molar-refractivity contribution in [1.82, 2.24) is 5.32 Å². The Morgan fingerprint density at radius 3 is 2.41 bits per heavy atom. The molecule has 0 aromatic carbocycles. The quantitative estimate of drug-likeness (QED) is 0.324. The van der Waals surface area contributed by atoms with E-state index in [1.807, 2.05) is 0 Å². The summed E-state index contributed by atoms with van der Waals surface area (Å²) in [4.78, 5) is 23.2. The Balaban J connectivity index is 5.30.